The fourth-order valence-electron chi connectivity index (χ4n) is 3.01. The van der Waals surface area contributed by atoms with E-state index >= 15 is 0 Å². The van der Waals surface area contributed by atoms with Crippen LogP contribution in [0.25, 0.3) is 10.8 Å². The number of hydrogen-bond donors (Lipinski definition) is 2. The van der Waals surface area contributed by atoms with Crippen molar-refractivity contribution in [2.24, 2.45) is 5.14 Å². The van der Waals surface area contributed by atoms with E-state index in [0.717, 1.165) is 21.9 Å². The largest absolute Gasteiger partial charge is 0.331 e. The lowest BCUT2D eigenvalue weighted by Gasteiger charge is -2.22. The van der Waals surface area contributed by atoms with Crippen molar-refractivity contribution in [3.63, 3.8) is 0 Å². The Labute approximate surface area is 165 Å². The zero-order chi connectivity index (χ0) is 20.3. The van der Waals surface area contributed by atoms with Crippen LogP contribution in [-0.2, 0) is 16.6 Å². The van der Waals surface area contributed by atoms with Crippen molar-refractivity contribution in [2.45, 2.75) is 24.4 Å². The first-order chi connectivity index (χ1) is 13.2. The van der Waals surface area contributed by atoms with E-state index in [0.29, 0.717) is 6.54 Å². The van der Waals surface area contributed by atoms with Crippen molar-refractivity contribution in [1.82, 2.24) is 10.2 Å². The second-order valence-electron chi connectivity index (χ2n) is 6.82. The summed E-state index contributed by atoms with van der Waals surface area (Å²) in [4.78, 5) is 14.2. The summed E-state index contributed by atoms with van der Waals surface area (Å²) in [5.41, 5.74) is 1.83. The predicted molar refractivity (Wildman–Crippen MR) is 110 cm³/mol. The summed E-state index contributed by atoms with van der Waals surface area (Å²) in [5.74, 6) is 0. The minimum Gasteiger partial charge on any atom is -0.331 e. The van der Waals surface area contributed by atoms with E-state index in [9.17, 15) is 13.2 Å². The summed E-state index contributed by atoms with van der Waals surface area (Å²) in [6.45, 7) is 2.32. The number of carbonyl (C=O) groups excluding carboxylic acids is 1. The SMILES string of the molecule is C[C@@H](NC(=O)N(C)Cc1ccc2ccccc2c1)c1ccc(S(N)(=O)=O)cc1. The van der Waals surface area contributed by atoms with Crippen LogP contribution >= 0.6 is 0 Å². The first-order valence-electron chi connectivity index (χ1n) is 8.86. The van der Waals surface area contributed by atoms with Crippen LogP contribution in [0.5, 0.6) is 0 Å². The number of nitrogens with one attached hydrogen (secondary N) is 1. The van der Waals surface area contributed by atoms with Crippen molar-refractivity contribution in [1.29, 1.82) is 0 Å². The van der Waals surface area contributed by atoms with E-state index in [1.807, 2.05) is 37.3 Å². The van der Waals surface area contributed by atoms with E-state index in [4.69, 9.17) is 5.14 Å². The topological polar surface area (TPSA) is 92.5 Å². The molecular formula is C21H23N3O3S. The monoisotopic (exact) mass is 397 g/mol. The molecule has 0 aliphatic heterocycles. The van der Waals surface area contributed by atoms with Crippen LogP contribution in [0.2, 0.25) is 0 Å². The molecule has 0 bridgehead atoms. The van der Waals surface area contributed by atoms with Crippen molar-refractivity contribution in [2.75, 3.05) is 7.05 Å². The van der Waals surface area contributed by atoms with Crippen LogP contribution in [0.4, 0.5) is 4.79 Å². The molecule has 146 valence electrons. The number of nitrogens with zero attached hydrogens (tertiary/aromatic N) is 1. The maximum atomic E-state index is 12.5. The summed E-state index contributed by atoms with van der Waals surface area (Å²) in [7, 11) is -1.99. The number of amides is 2. The molecule has 2 amide bonds. The molecule has 3 aromatic carbocycles. The number of benzene rings is 3. The highest BCUT2D eigenvalue weighted by molar-refractivity contribution is 7.89. The minimum absolute atomic E-state index is 0.0446. The van der Waals surface area contributed by atoms with E-state index in [1.54, 1.807) is 24.1 Å². The zero-order valence-electron chi connectivity index (χ0n) is 15.8. The van der Waals surface area contributed by atoms with Gasteiger partial charge in [-0.2, -0.15) is 0 Å². The molecule has 1 atom stereocenters. The lowest BCUT2D eigenvalue weighted by molar-refractivity contribution is 0.203. The standard InChI is InChI=1S/C21H23N3O3S/c1-15(17-9-11-20(12-10-17)28(22,26)27)23-21(25)24(2)14-16-7-8-18-5-3-4-6-19(18)13-16/h3-13,15H,14H2,1-2H3,(H,23,25)(H2,22,26,27)/t15-/m1/s1. The van der Waals surface area contributed by atoms with Crippen molar-refractivity contribution in [3.05, 3.63) is 77.9 Å². The first kappa shape index (κ1) is 19.9. The van der Waals surface area contributed by atoms with Crippen molar-refractivity contribution in [3.8, 4) is 0 Å². The van der Waals surface area contributed by atoms with Crippen molar-refractivity contribution < 1.29 is 13.2 Å². The summed E-state index contributed by atoms with van der Waals surface area (Å²) in [6, 6.07) is 19.9. The number of rotatable bonds is 5. The molecule has 3 N–H and O–H groups in total. The molecular weight excluding hydrogens is 374 g/mol. The molecule has 0 heterocycles. The summed E-state index contributed by atoms with van der Waals surface area (Å²) < 4.78 is 22.7. The van der Waals surface area contributed by atoms with Gasteiger partial charge in [0.2, 0.25) is 10.0 Å². The van der Waals surface area contributed by atoms with Crippen LogP contribution in [0.15, 0.2) is 71.6 Å². The maximum Gasteiger partial charge on any atom is 0.317 e. The Kier molecular flexibility index (Phi) is 5.67. The lowest BCUT2D eigenvalue weighted by Crippen LogP contribution is -2.38. The van der Waals surface area contributed by atoms with Crippen molar-refractivity contribution >= 4 is 26.8 Å². The number of urea groups is 1. The smallest absolute Gasteiger partial charge is 0.317 e. The molecule has 6 nitrogen and oxygen atoms in total. The van der Waals surface area contributed by atoms with Gasteiger partial charge in [0.15, 0.2) is 0 Å². The van der Waals surface area contributed by atoms with E-state index in [-0.39, 0.29) is 17.0 Å². The summed E-state index contributed by atoms with van der Waals surface area (Å²) >= 11 is 0. The third-order valence-electron chi connectivity index (χ3n) is 4.63. The Bertz CT molecular complexity index is 1100. The predicted octanol–water partition coefficient (Wildman–Crippen LogP) is 3.39. The molecule has 0 fully saturated rings. The zero-order valence-corrected chi connectivity index (χ0v) is 16.6. The van der Waals surface area contributed by atoms with Gasteiger partial charge in [0.05, 0.1) is 10.9 Å². The summed E-state index contributed by atoms with van der Waals surface area (Å²) in [6.07, 6.45) is 0. The lowest BCUT2D eigenvalue weighted by atomic mass is 10.1. The number of sulfonamides is 1. The number of carbonyl (C=O) groups is 1. The van der Waals surface area contributed by atoms with Gasteiger partial charge in [0, 0.05) is 13.6 Å². The third kappa shape index (κ3) is 4.68. The quantitative estimate of drug-likeness (QED) is 0.691. The first-order valence-corrected chi connectivity index (χ1v) is 10.4. The Hall–Kier alpha value is -2.90. The Morgan fingerprint density at radius 1 is 1.04 bits per heavy atom. The maximum absolute atomic E-state index is 12.5. The molecule has 7 heteroatoms. The normalized spacial score (nSPS) is 12.5. The number of nitrogens with two attached hydrogens (primary N) is 1. The highest BCUT2D eigenvalue weighted by Gasteiger charge is 2.15. The molecule has 3 rings (SSSR count). The molecule has 0 radical (unpaired) electrons. The van der Waals surface area contributed by atoms with Gasteiger partial charge < -0.3 is 10.2 Å². The van der Waals surface area contributed by atoms with E-state index in [1.165, 1.54) is 12.1 Å². The van der Waals surface area contributed by atoms with Crippen LogP contribution < -0.4 is 10.5 Å². The number of fused-ring (bicyclic) bond motifs is 1. The third-order valence-corrected chi connectivity index (χ3v) is 5.56. The molecule has 0 aliphatic carbocycles. The molecule has 0 aromatic heterocycles. The van der Waals surface area contributed by atoms with Crippen LogP contribution in [0, 0.1) is 0 Å². The van der Waals surface area contributed by atoms with Crippen LogP contribution in [0.3, 0.4) is 0 Å². The van der Waals surface area contributed by atoms with Crippen LogP contribution in [0.1, 0.15) is 24.1 Å². The van der Waals surface area contributed by atoms with Gasteiger partial charge in [-0.1, -0.05) is 48.5 Å². The molecule has 0 spiro atoms. The Morgan fingerprint density at radius 3 is 2.32 bits per heavy atom. The molecule has 0 unspecified atom stereocenters. The van der Waals surface area contributed by atoms with Gasteiger partial charge in [-0.25, -0.2) is 18.4 Å². The van der Waals surface area contributed by atoms with E-state index in [2.05, 4.69) is 17.4 Å². The minimum atomic E-state index is -3.73. The molecule has 3 aromatic rings. The van der Waals surface area contributed by atoms with Gasteiger partial charge in [-0.3, -0.25) is 0 Å². The Balaban J connectivity index is 1.64. The van der Waals surface area contributed by atoms with E-state index < -0.39 is 10.0 Å². The van der Waals surface area contributed by atoms with Gasteiger partial charge in [0.1, 0.15) is 0 Å². The van der Waals surface area contributed by atoms with Gasteiger partial charge in [0.25, 0.3) is 0 Å². The number of hydrogen-bond acceptors (Lipinski definition) is 3. The number of primary sulfonamides is 1. The van der Waals surface area contributed by atoms with Gasteiger partial charge in [-0.15, -0.1) is 0 Å². The fourth-order valence-corrected chi connectivity index (χ4v) is 3.52. The Morgan fingerprint density at radius 2 is 1.68 bits per heavy atom. The molecule has 0 saturated heterocycles. The fraction of sp³-hybridized carbons (Fsp3) is 0.190. The van der Waals surface area contributed by atoms with Gasteiger partial charge in [-0.05, 0) is 47.0 Å². The molecule has 28 heavy (non-hydrogen) atoms. The van der Waals surface area contributed by atoms with Crippen LogP contribution in [-0.4, -0.2) is 26.4 Å². The molecule has 0 aliphatic rings. The highest BCUT2D eigenvalue weighted by atomic mass is 32.2. The molecule has 0 saturated carbocycles. The second kappa shape index (κ2) is 8.00. The average molecular weight is 398 g/mol. The summed E-state index contributed by atoms with van der Waals surface area (Å²) in [5, 5.41) is 10.3. The average Bonchev–Trinajstić information content (AvgIpc) is 2.67. The second-order valence-corrected chi connectivity index (χ2v) is 8.38. The van der Waals surface area contributed by atoms with Gasteiger partial charge >= 0.3 is 6.03 Å². The highest BCUT2D eigenvalue weighted by Crippen LogP contribution is 2.18.